The van der Waals surface area contributed by atoms with Gasteiger partial charge in [0.2, 0.25) is 0 Å². The summed E-state index contributed by atoms with van der Waals surface area (Å²) in [6.07, 6.45) is 3.52. The Morgan fingerprint density at radius 3 is 2.27 bits per heavy atom. The van der Waals surface area contributed by atoms with E-state index in [-0.39, 0.29) is 5.78 Å². The van der Waals surface area contributed by atoms with Crippen LogP contribution in [0.1, 0.15) is 19.4 Å². The monoisotopic (exact) mass is 322 g/mol. The van der Waals surface area contributed by atoms with Crippen LogP contribution in [0.4, 0.5) is 0 Å². The van der Waals surface area contributed by atoms with E-state index in [9.17, 15) is 4.79 Å². The van der Waals surface area contributed by atoms with Crippen LogP contribution in [0, 0.1) is 5.41 Å². The van der Waals surface area contributed by atoms with E-state index in [1.54, 1.807) is 6.08 Å². The summed E-state index contributed by atoms with van der Waals surface area (Å²) in [6, 6.07) is 7.46. The highest BCUT2D eigenvalue weighted by Gasteiger charge is 2.26. The van der Waals surface area contributed by atoms with Crippen molar-refractivity contribution in [2.45, 2.75) is 13.8 Å². The third-order valence-electron chi connectivity index (χ3n) is 3.56. The molecule has 3 nitrogen and oxygen atoms in total. The highest BCUT2D eigenvalue weighted by molar-refractivity contribution is 6.30. The lowest BCUT2D eigenvalue weighted by Gasteiger charge is -2.28. The van der Waals surface area contributed by atoms with E-state index >= 15 is 0 Å². The molecule has 0 fully saturated rings. The Labute approximate surface area is 139 Å². The van der Waals surface area contributed by atoms with E-state index in [0.29, 0.717) is 5.02 Å². The molecule has 0 saturated heterocycles. The molecule has 0 atom stereocenters. The van der Waals surface area contributed by atoms with Crippen molar-refractivity contribution in [1.82, 2.24) is 9.80 Å². The topological polar surface area (TPSA) is 23.6 Å². The number of carbonyl (C=O) groups excluding carboxylic acids is 1. The molecule has 0 bridgehead atoms. The first kappa shape index (κ1) is 18.9. The van der Waals surface area contributed by atoms with Crippen LogP contribution in [-0.4, -0.2) is 56.4 Å². The molecular formula is C18H27ClN2O. The van der Waals surface area contributed by atoms with Gasteiger partial charge in [-0.05, 0) is 44.9 Å². The predicted molar refractivity (Wildman–Crippen MR) is 95.3 cm³/mol. The number of allylic oxidation sites excluding steroid dienone is 1. The SMILES string of the molecule is CN(C)CCN(C)CC(C)(C)C(=O)/C=C\c1ccc(Cl)cc1. The number of halogens is 1. The fraction of sp³-hybridized carbons (Fsp3) is 0.500. The molecule has 1 aromatic rings. The average Bonchev–Trinajstić information content (AvgIpc) is 2.43. The maximum Gasteiger partial charge on any atom is 0.162 e. The van der Waals surface area contributed by atoms with E-state index < -0.39 is 5.41 Å². The van der Waals surface area contributed by atoms with E-state index in [1.165, 1.54) is 0 Å². The first-order valence-electron chi connectivity index (χ1n) is 7.52. The number of carbonyl (C=O) groups is 1. The van der Waals surface area contributed by atoms with Gasteiger partial charge in [-0.2, -0.15) is 0 Å². The summed E-state index contributed by atoms with van der Waals surface area (Å²) in [5.74, 6) is 0.138. The lowest BCUT2D eigenvalue weighted by atomic mass is 9.87. The second kappa shape index (κ2) is 8.47. The third kappa shape index (κ3) is 6.73. The van der Waals surface area contributed by atoms with E-state index in [4.69, 9.17) is 11.6 Å². The maximum atomic E-state index is 12.4. The summed E-state index contributed by atoms with van der Waals surface area (Å²) in [7, 11) is 6.17. The van der Waals surface area contributed by atoms with Gasteiger partial charge < -0.3 is 9.80 Å². The zero-order valence-electron chi connectivity index (χ0n) is 14.3. The molecule has 0 spiro atoms. The molecule has 0 saturated carbocycles. The van der Waals surface area contributed by atoms with Gasteiger partial charge in [-0.15, -0.1) is 0 Å². The summed E-state index contributed by atoms with van der Waals surface area (Å²) in [5.41, 5.74) is 0.582. The minimum atomic E-state index is -0.399. The Kier molecular flexibility index (Phi) is 7.27. The second-order valence-electron chi connectivity index (χ2n) is 6.67. The number of rotatable bonds is 8. The summed E-state index contributed by atoms with van der Waals surface area (Å²) in [4.78, 5) is 16.8. The number of likely N-dealkylation sites (N-methyl/N-ethyl adjacent to an activating group) is 2. The molecule has 0 aliphatic carbocycles. The molecule has 1 rings (SSSR count). The highest BCUT2D eigenvalue weighted by Crippen LogP contribution is 2.20. The zero-order chi connectivity index (χ0) is 16.8. The highest BCUT2D eigenvalue weighted by atomic mass is 35.5. The third-order valence-corrected chi connectivity index (χ3v) is 3.81. The van der Waals surface area contributed by atoms with Crippen molar-refractivity contribution in [2.24, 2.45) is 5.41 Å². The van der Waals surface area contributed by atoms with Crippen molar-refractivity contribution in [3.05, 3.63) is 40.9 Å². The van der Waals surface area contributed by atoms with Crippen LogP contribution in [0.2, 0.25) is 5.02 Å². The summed E-state index contributed by atoms with van der Waals surface area (Å²) in [5, 5.41) is 0.700. The van der Waals surface area contributed by atoms with Crippen LogP contribution in [0.5, 0.6) is 0 Å². The van der Waals surface area contributed by atoms with Gasteiger partial charge in [-0.25, -0.2) is 0 Å². The first-order valence-corrected chi connectivity index (χ1v) is 7.90. The van der Waals surface area contributed by atoms with Crippen LogP contribution in [0.3, 0.4) is 0 Å². The van der Waals surface area contributed by atoms with Crippen LogP contribution >= 0.6 is 11.6 Å². The zero-order valence-corrected chi connectivity index (χ0v) is 15.0. The molecule has 1 aromatic carbocycles. The van der Waals surface area contributed by atoms with Gasteiger partial charge in [-0.1, -0.05) is 43.7 Å². The molecule has 0 unspecified atom stereocenters. The smallest absolute Gasteiger partial charge is 0.162 e. The summed E-state index contributed by atoms with van der Waals surface area (Å²) in [6.45, 7) is 6.66. The van der Waals surface area contributed by atoms with Crippen LogP contribution in [-0.2, 0) is 4.79 Å². The minimum absolute atomic E-state index is 0.138. The number of ketones is 1. The molecule has 0 aromatic heterocycles. The van der Waals surface area contributed by atoms with E-state index in [0.717, 1.165) is 25.2 Å². The van der Waals surface area contributed by atoms with Crippen LogP contribution < -0.4 is 0 Å². The van der Waals surface area contributed by atoms with Crippen LogP contribution in [0.25, 0.3) is 6.08 Å². The van der Waals surface area contributed by atoms with Crippen molar-refractivity contribution in [1.29, 1.82) is 0 Å². The fourth-order valence-corrected chi connectivity index (χ4v) is 2.30. The van der Waals surface area contributed by atoms with Crippen molar-refractivity contribution >= 4 is 23.5 Å². The molecule has 0 aliphatic heterocycles. The molecule has 22 heavy (non-hydrogen) atoms. The fourth-order valence-electron chi connectivity index (χ4n) is 2.17. The number of nitrogens with zero attached hydrogens (tertiary/aromatic N) is 2. The Morgan fingerprint density at radius 1 is 1.14 bits per heavy atom. The molecule has 122 valence electrons. The Morgan fingerprint density at radius 2 is 1.73 bits per heavy atom. The normalized spacial score (nSPS) is 12.5. The van der Waals surface area contributed by atoms with Crippen molar-refractivity contribution in [2.75, 3.05) is 40.8 Å². The van der Waals surface area contributed by atoms with E-state index in [2.05, 4.69) is 30.9 Å². The van der Waals surface area contributed by atoms with Gasteiger partial charge in [0.15, 0.2) is 5.78 Å². The standard InChI is InChI=1S/C18H27ClN2O/c1-18(2,14-21(5)13-12-20(3)4)17(22)11-8-15-6-9-16(19)10-7-15/h6-11H,12-14H2,1-5H3/b11-8-. The Balaban J connectivity index is 2.59. The number of hydrogen-bond donors (Lipinski definition) is 0. The van der Waals surface area contributed by atoms with Crippen molar-refractivity contribution in [3.8, 4) is 0 Å². The molecule has 4 heteroatoms. The first-order chi connectivity index (χ1) is 10.2. The average molecular weight is 323 g/mol. The Hall–Kier alpha value is -1.16. The molecule has 0 N–H and O–H groups in total. The van der Waals surface area contributed by atoms with Crippen LogP contribution in [0.15, 0.2) is 30.3 Å². The number of benzene rings is 1. The number of hydrogen-bond acceptors (Lipinski definition) is 3. The summed E-state index contributed by atoms with van der Waals surface area (Å²) >= 11 is 5.86. The molecule has 0 amide bonds. The van der Waals surface area contributed by atoms with Gasteiger partial charge in [0.05, 0.1) is 0 Å². The van der Waals surface area contributed by atoms with Gasteiger partial charge in [0.25, 0.3) is 0 Å². The maximum absolute atomic E-state index is 12.4. The van der Waals surface area contributed by atoms with Gasteiger partial charge in [-0.3, -0.25) is 4.79 Å². The van der Waals surface area contributed by atoms with Crippen molar-refractivity contribution < 1.29 is 4.79 Å². The molecule has 0 radical (unpaired) electrons. The van der Waals surface area contributed by atoms with Gasteiger partial charge >= 0.3 is 0 Å². The molecule has 0 aliphatic rings. The summed E-state index contributed by atoms with van der Waals surface area (Å²) < 4.78 is 0. The largest absolute Gasteiger partial charge is 0.308 e. The minimum Gasteiger partial charge on any atom is -0.308 e. The predicted octanol–water partition coefficient (Wildman–Crippen LogP) is 3.44. The molecular weight excluding hydrogens is 296 g/mol. The lowest BCUT2D eigenvalue weighted by molar-refractivity contribution is -0.122. The second-order valence-corrected chi connectivity index (χ2v) is 7.11. The van der Waals surface area contributed by atoms with Gasteiger partial charge in [0.1, 0.15) is 0 Å². The van der Waals surface area contributed by atoms with E-state index in [1.807, 2.05) is 44.2 Å². The van der Waals surface area contributed by atoms with Gasteiger partial charge in [0, 0.05) is 30.1 Å². The Bertz CT molecular complexity index is 506. The quantitative estimate of drug-likeness (QED) is 0.685. The lowest BCUT2D eigenvalue weighted by Crippen LogP contribution is -2.39. The van der Waals surface area contributed by atoms with Crippen molar-refractivity contribution in [3.63, 3.8) is 0 Å². The molecule has 0 heterocycles.